The van der Waals surface area contributed by atoms with Gasteiger partial charge in [0.15, 0.2) is 11.6 Å². The molecule has 4 aromatic rings. The molecule has 2 fully saturated rings. The van der Waals surface area contributed by atoms with Gasteiger partial charge in [-0.1, -0.05) is 72.3 Å². The third kappa shape index (κ3) is 4.75. The SMILES string of the molecule is O=C1C(c2ccccc2)=CC(=O)[C@@]2(c3ccccc3)[C@@H](C3=COc4ccc(O)cc4C3)C3=CC[C@@H]4C(=O)N(c5ccc(I)cc5)C(=O)[C@@H]4[C@@H]3C[C@@H]12. The van der Waals surface area contributed by atoms with Gasteiger partial charge in [-0.3, -0.25) is 24.1 Å². The highest BCUT2D eigenvalue weighted by atomic mass is 127. The number of rotatable bonds is 4. The summed E-state index contributed by atoms with van der Waals surface area (Å²) in [6, 6.07) is 31.1. The normalized spacial score (nSPS) is 28.1. The van der Waals surface area contributed by atoms with Crippen molar-refractivity contribution in [3.8, 4) is 11.5 Å². The smallest absolute Gasteiger partial charge is 0.238 e. The monoisotopic (exact) mass is 785 g/mol. The van der Waals surface area contributed by atoms with Crippen LogP contribution in [-0.4, -0.2) is 28.5 Å². The third-order valence-electron chi connectivity index (χ3n) is 11.6. The van der Waals surface area contributed by atoms with Crippen molar-refractivity contribution in [1.29, 1.82) is 0 Å². The molecule has 2 heterocycles. The first-order valence-corrected chi connectivity index (χ1v) is 18.3. The second kappa shape index (κ2) is 12.0. The van der Waals surface area contributed by atoms with Gasteiger partial charge in [-0.05, 0) is 107 Å². The van der Waals surface area contributed by atoms with Gasteiger partial charge >= 0.3 is 0 Å². The number of ether oxygens (including phenoxy) is 1. The average Bonchev–Trinajstić information content (AvgIpc) is 3.41. The van der Waals surface area contributed by atoms with Gasteiger partial charge in [0.25, 0.3) is 0 Å². The van der Waals surface area contributed by atoms with Crippen LogP contribution in [0.3, 0.4) is 0 Å². The minimum atomic E-state index is -1.34. The Morgan fingerprint density at radius 1 is 0.824 bits per heavy atom. The van der Waals surface area contributed by atoms with E-state index in [-0.39, 0.29) is 35.6 Å². The van der Waals surface area contributed by atoms with Gasteiger partial charge in [0.1, 0.15) is 11.5 Å². The number of phenols is 1. The number of benzene rings is 4. The predicted octanol–water partition coefficient (Wildman–Crippen LogP) is 7.38. The van der Waals surface area contributed by atoms with Crippen LogP contribution < -0.4 is 9.64 Å². The lowest BCUT2D eigenvalue weighted by atomic mass is 9.44. The fraction of sp³-hybridized carbons (Fsp3) is 0.209. The van der Waals surface area contributed by atoms with Crippen LogP contribution in [0.1, 0.15) is 29.5 Å². The van der Waals surface area contributed by atoms with Crippen molar-refractivity contribution >= 4 is 57.2 Å². The fourth-order valence-corrected chi connectivity index (χ4v) is 9.89. The number of amides is 2. The van der Waals surface area contributed by atoms with E-state index < -0.39 is 35.0 Å². The maximum absolute atomic E-state index is 15.2. The second-order valence-electron chi connectivity index (χ2n) is 14.1. The quantitative estimate of drug-likeness (QED) is 0.132. The first kappa shape index (κ1) is 31.9. The Morgan fingerprint density at radius 2 is 1.55 bits per heavy atom. The molecule has 2 aliphatic heterocycles. The largest absolute Gasteiger partial charge is 0.508 e. The van der Waals surface area contributed by atoms with Gasteiger partial charge in [-0.2, -0.15) is 0 Å². The lowest BCUT2D eigenvalue weighted by molar-refractivity contribution is -0.136. The molecular weight excluding hydrogens is 753 g/mol. The van der Waals surface area contributed by atoms with Gasteiger partial charge in [-0.15, -0.1) is 0 Å². The molecule has 5 aliphatic rings. The summed E-state index contributed by atoms with van der Waals surface area (Å²) in [7, 11) is 0. The molecule has 0 radical (unpaired) electrons. The molecule has 252 valence electrons. The number of fused-ring (bicyclic) bond motifs is 5. The van der Waals surface area contributed by atoms with E-state index in [2.05, 4.69) is 28.7 Å². The van der Waals surface area contributed by atoms with E-state index in [0.29, 0.717) is 35.4 Å². The summed E-state index contributed by atoms with van der Waals surface area (Å²) in [4.78, 5) is 60.3. The van der Waals surface area contributed by atoms with Crippen LogP contribution >= 0.6 is 22.6 Å². The number of aromatic hydroxyl groups is 1. The van der Waals surface area contributed by atoms with Gasteiger partial charge in [0, 0.05) is 33.0 Å². The van der Waals surface area contributed by atoms with Gasteiger partial charge in [-0.25, -0.2) is 0 Å². The van der Waals surface area contributed by atoms with E-state index in [4.69, 9.17) is 4.74 Å². The maximum atomic E-state index is 15.2. The van der Waals surface area contributed by atoms with Crippen LogP contribution in [0, 0.1) is 33.2 Å². The molecule has 0 bridgehead atoms. The van der Waals surface area contributed by atoms with Crippen molar-refractivity contribution < 1.29 is 29.0 Å². The summed E-state index contributed by atoms with van der Waals surface area (Å²) < 4.78 is 7.20. The number of Topliss-reactive ketones (excluding diaryl/α,β-unsaturated/α-hetero) is 1. The summed E-state index contributed by atoms with van der Waals surface area (Å²) in [6.07, 6.45) is 6.21. The molecule has 8 heteroatoms. The standard InChI is InChI=1S/C43H32INO6/c44-28-11-13-29(14-12-28)45-41(49)32-17-16-31-34(38(32)42(45)50)21-35-40(48)33(24-7-3-1-4-8-24)22-37(47)43(35,27-9-5-2-6-10-27)39(31)26-19-25-20-30(46)15-18-36(25)51-23-26/h1-16,18,20,22-23,32,34-35,38-39,46H,17,19,21H2/t32-,34+,35-,38-,39-,43-/m0/s1. The van der Waals surface area contributed by atoms with E-state index in [1.54, 1.807) is 36.6 Å². The van der Waals surface area contributed by atoms with E-state index in [9.17, 15) is 14.7 Å². The number of carbonyl (C=O) groups is 4. The number of anilines is 1. The molecule has 0 unspecified atom stereocenters. The van der Waals surface area contributed by atoms with Gasteiger partial charge in [0.05, 0.1) is 29.2 Å². The third-order valence-corrected chi connectivity index (χ3v) is 12.3. The molecule has 51 heavy (non-hydrogen) atoms. The molecule has 1 saturated carbocycles. The van der Waals surface area contributed by atoms with Crippen molar-refractivity contribution in [3.63, 3.8) is 0 Å². The molecule has 0 aromatic heterocycles. The summed E-state index contributed by atoms with van der Waals surface area (Å²) in [5.41, 5.74) is 3.36. The second-order valence-corrected chi connectivity index (χ2v) is 15.3. The summed E-state index contributed by atoms with van der Waals surface area (Å²) in [5, 5.41) is 10.4. The highest BCUT2D eigenvalue weighted by molar-refractivity contribution is 14.1. The molecule has 1 N–H and O–H groups in total. The molecule has 9 rings (SSSR count). The minimum Gasteiger partial charge on any atom is -0.508 e. The zero-order valence-corrected chi connectivity index (χ0v) is 29.5. The van der Waals surface area contributed by atoms with E-state index >= 15 is 9.59 Å². The lowest BCUT2D eigenvalue weighted by Gasteiger charge is -2.56. The molecule has 2 amide bonds. The van der Waals surface area contributed by atoms with Crippen LogP contribution in [0.2, 0.25) is 0 Å². The van der Waals surface area contributed by atoms with Crippen molar-refractivity contribution in [1.82, 2.24) is 0 Å². The number of imide groups is 1. The van der Waals surface area contributed by atoms with Gasteiger partial charge in [0.2, 0.25) is 11.8 Å². The molecular formula is C43H32INO6. The number of allylic oxidation sites excluding steroid dienone is 5. The Balaban J connectivity index is 1.25. The first-order valence-electron chi connectivity index (χ1n) is 17.2. The van der Waals surface area contributed by atoms with Crippen molar-refractivity contribution in [2.75, 3.05) is 4.90 Å². The first-order chi connectivity index (χ1) is 24.8. The highest BCUT2D eigenvalue weighted by Gasteiger charge is 2.66. The number of carbonyl (C=O) groups excluding carboxylic acids is 4. The Labute approximate surface area is 308 Å². The summed E-state index contributed by atoms with van der Waals surface area (Å²) >= 11 is 2.20. The van der Waals surface area contributed by atoms with E-state index in [1.165, 1.54) is 11.0 Å². The minimum absolute atomic E-state index is 0.0978. The summed E-state index contributed by atoms with van der Waals surface area (Å²) in [5.74, 6) is -3.37. The number of phenolic OH excluding ortho intramolecular Hbond substituents is 1. The van der Waals surface area contributed by atoms with E-state index in [1.807, 2.05) is 72.8 Å². The molecule has 4 aromatic carbocycles. The molecule has 0 spiro atoms. The van der Waals surface area contributed by atoms with Crippen LogP contribution in [0.5, 0.6) is 11.5 Å². The Morgan fingerprint density at radius 3 is 2.29 bits per heavy atom. The van der Waals surface area contributed by atoms with Gasteiger partial charge < -0.3 is 9.84 Å². The van der Waals surface area contributed by atoms with Crippen molar-refractivity contribution in [3.05, 3.63) is 153 Å². The average molecular weight is 786 g/mol. The predicted molar refractivity (Wildman–Crippen MR) is 199 cm³/mol. The zero-order valence-electron chi connectivity index (χ0n) is 27.4. The van der Waals surface area contributed by atoms with Crippen LogP contribution in [0.4, 0.5) is 5.69 Å². The number of halogens is 1. The van der Waals surface area contributed by atoms with Crippen LogP contribution in [-0.2, 0) is 31.0 Å². The zero-order chi connectivity index (χ0) is 35.0. The highest BCUT2D eigenvalue weighted by Crippen LogP contribution is 2.63. The molecule has 1 saturated heterocycles. The maximum Gasteiger partial charge on any atom is 0.238 e. The fourth-order valence-electron chi connectivity index (χ4n) is 9.53. The Kier molecular flexibility index (Phi) is 7.50. The van der Waals surface area contributed by atoms with Crippen LogP contribution in [0.15, 0.2) is 133 Å². The molecule has 6 atom stereocenters. The summed E-state index contributed by atoms with van der Waals surface area (Å²) in [6.45, 7) is 0. The topological polar surface area (TPSA) is 101 Å². The molecule has 7 nitrogen and oxygen atoms in total. The van der Waals surface area contributed by atoms with Crippen LogP contribution in [0.25, 0.3) is 5.57 Å². The number of hydrogen-bond acceptors (Lipinski definition) is 6. The van der Waals surface area contributed by atoms with Crippen molar-refractivity contribution in [2.45, 2.75) is 24.7 Å². The molecule has 3 aliphatic carbocycles. The Bertz CT molecular complexity index is 2240. The number of nitrogens with zero attached hydrogens (tertiary/aromatic N) is 1. The van der Waals surface area contributed by atoms with E-state index in [0.717, 1.165) is 25.8 Å². The number of ketones is 2. The number of hydrogen-bond donors (Lipinski definition) is 1. The van der Waals surface area contributed by atoms with Crippen molar-refractivity contribution in [2.24, 2.45) is 29.6 Å². The lowest BCUT2D eigenvalue weighted by Crippen LogP contribution is -2.60. The Hall–Kier alpha value is -5.09.